The minimum Gasteiger partial charge on any atom is -0.387 e. The van der Waals surface area contributed by atoms with Crippen LogP contribution in [0.15, 0.2) is 42.6 Å². The molecule has 7 heteroatoms. The summed E-state index contributed by atoms with van der Waals surface area (Å²) in [6.45, 7) is 0.144. The predicted octanol–water partition coefficient (Wildman–Crippen LogP) is 1.89. The highest BCUT2D eigenvalue weighted by molar-refractivity contribution is 6.31. The van der Waals surface area contributed by atoms with Gasteiger partial charge in [0.1, 0.15) is 11.9 Å². The highest BCUT2D eigenvalue weighted by atomic mass is 35.5. The van der Waals surface area contributed by atoms with Gasteiger partial charge in [0.2, 0.25) is 5.91 Å². The molecule has 6 nitrogen and oxygen atoms in total. The van der Waals surface area contributed by atoms with E-state index in [2.05, 4.69) is 10.3 Å². The van der Waals surface area contributed by atoms with Crippen LogP contribution in [0.25, 0.3) is 0 Å². The van der Waals surface area contributed by atoms with Crippen molar-refractivity contribution in [2.75, 3.05) is 25.0 Å². The summed E-state index contributed by atoms with van der Waals surface area (Å²) in [7, 11) is 1.72. The molecule has 2 aromatic rings. The van der Waals surface area contributed by atoms with Crippen molar-refractivity contribution in [3.63, 3.8) is 0 Å². The molecule has 1 unspecified atom stereocenters. The van der Waals surface area contributed by atoms with E-state index in [4.69, 9.17) is 16.9 Å². The third-order valence-electron chi connectivity index (χ3n) is 3.41. The van der Waals surface area contributed by atoms with Crippen molar-refractivity contribution >= 4 is 23.3 Å². The minimum absolute atomic E-state index is 0.0667. The number of carbonyl (C=O) groups excluding carboxylic acids is 1. The SMILES string of the molecule is CN(CC(=O)NCC(O)c1ccccc1Cl)c1ccc(C#N)cn1. The lowest BCUT2D eigenvalue weighted by Crippen LogP contribution is -2.37. The molecule has 0 bridgehead atoms. The standard InChI is InChI=1S/C17H17ClN4O2/c1-22(16-7-6-12(8-19)9-20-16)11-17(24)21-10-15(23)13-4-2-3-5-14(13)18/h2-7,9,15,23H,10-11H2,1H3,(H,21,24). The molecule has 0 aliphatic heterocycles. The second-order valence-electron chi connectivity index (χ2n) is 5.21. The molecule has 0 aliphatic carbocycles. The van der Waals surface area contributed by atoms with Crippen LogP contribution >= 0.6 is 11.6 Å². The topological polar surface area (TPSA) is 89.3 Å². The number of aromatic nitrogens is 1. The number of aliphatic hydroxyl groups is 1. The van der Waals surface area contributed by atoms with Crippen LogP contribution in [0.5, 0.6) is 0 Å². The van der Waals surface area contributed by atoms with Gasteiger partial charge in [0, 0.05) is 30.4 Å². The van der Waals surface area contributed by atoms with E-state index in [0.717, 1.165) is 0 Å². The summed E-state index contributed by atoms with van der Waals surface area (Å²) < 4.78 is 0. The summed E-state index contributed by atoms with van der Waals surface area (Å²) in [4.78, 5) is 17.8. The molecule has 1 aromatic heterocycles. The Bertz CT molecular complexity index is 743. The summed E-state index contributed by atoms with van der Waals surface area (Å²) in [5, 5.41) is 22.0. The lowest BCUT2D eigenvalue weighted by molar-refractivity contribution is -0.120. The molecule has 2 rings (SSSR count). The third kappa shape index (κ3) is 4.69. The van der Waals surface area contributed by atoms with Crippen LogP contribution in [0.3, 0.4) is 0 Å². The highest BCUT2D eigenvalue weighted by Gasteiger charge is 2.14. The summed E-state index contributed by atoms with van der Waals surface area (Å²) in [5.74, 6) is 0.325. The Balaban J connectivity index is 1.86. The Morgan fingerprint density at radius 1 is 1.42 bits per heavy atom. The summed E-state index contributed by atoms with van der Waals surface area (Å²) in [6, 6.07) is 12.2. The van der Waals surface area contributed by atoms with Crippen molar-refractivity contribution in [1.82, 2.24) is 10.3 Å². The first-order valence-corrected chi connectivity index (χ1v) is 7.65. The van der Waals surface area contributed by atoms with Gasteiger partial charge >= 0.3 is 0 Å². The molecule has 1 amide bonds. The predicted molar refractivity (Wildman–Crippen MR) is 91.6 cm³/mol. The minimum atomic E-state index is -0.874. The van der Waals surface area contributed by atoms with E-state index in [-0.39, 0.29) is 19.0 Å². The number of benzene rings is 1. The Morgan fingerprint density at radius 3 is 2.79 bits per heavy atom. The Labute approximate surface area is 145 Å². The van der Waals surface area contributed by atoms with Crippen LogP contribution in [0.1, 0.15) is 17.2 Å². The third-order valence-corrected chi connectivity index (χ3v) is 3.75. The van der Waals surface area contributed by atoms with Crippen LogP contribution in [-0.4, -0.2) is 36.1 Å². The zero-order valence-corrected chi connectivity index (χ0v) is 13.9. The van der Waals surface area contributed by atoms with E-state index < -0.39 is 6.10 Å². The highest BCUT2D eigenvalue weighted by Crippen LogP contribution is 2.21. The number of aliphatic hydroxyl groups excluding tert-OH is 1. The average molecular weight is 345 g/mol. The van der Waals surface area contributed by atoms with Crippen LogP contribution in [-0.2, 0) is 4.79 Å². The molecule has 1 aromatic carbocycles. The van der Waals surface area contributed by atoms with E-state index in [1.165, 1.54) is 6.20 Å². The normalized spacial score (nSPS) is 11.4. The maximum absolute atomic E-state index is 12.0. The molecule has 0 saturated heterocycles. The van der Waals surface area contributed by atoms with Crippen molar-refractivity contribution in [2.45, 2.75) is 6.10 Å². The van der Waals surface area contributed by atoms with Gasteiger partial charge in [-0.05, 0) is 18.2 Å². The van der Waals surface area contributed by atoms with Gasteiger partial charge in [-0.25, -0.2) is 4.98 Å². The fraction of sp³-hybridized carbons (Fsp3) is 0.235. The Morgan fingerprint density at radius 2 is 2.17 bits per heavy atom. The first-order valence-electron chi connectivity index (χ1n) is 7.27. The van der Waals surface area contributed by atoms with Gasteiger partial charge in [-0.2, -0.15) is 5.26 Å². The number of nitrogens with one attached hydrogen (secondary N) is 1. The summed E-state index contributed by atoms with van der Waals surface area (Å²) >= 11 is 6.01. The van der Waals surface area contributed by atoms with Crippen molar-refractivity contribution in [1.29, 1.82) is 5.26 Å². The van der Waals surface area contributed by atoms with Gasteiger partial charge in [0.05, 0.1) is 18.2 Å². The second-order valence-corrected chi connectivity index (χ2v) is 5.62. The molecule has 0 saturated carbocycles. The number of likely N-dealkylation sites (N-methyl/N-ethyl adjacent to an activating group) is 1. The quantitative estimate of drug-likeness (QED) is 0.835. The first kappa shape index (κ1) is 17.7. The summed E-state index contributed by atoms with van der Waals surface area (Å²) in [6.07, 6.45) is 0.575. The van der Waals surface area contributed by atoms with Gasteiger partial charge < -0.3 is 15.3 Å². The fourth-order valence-corrected chi connectivity index (χ4v) is 2.36. The second kappa shape index (κ2) is 8.29. The number of pyridine rings is 1. The van der Waals surface area contributed by atoms with Crippen molar-refractivity contribution in [3.8, 4) is 6.07 Å². The Kier molecular flexibility index (Phi) is 6.13. The van der Waals surface area contributed by atoms with Gasteiger partial charge in [-0.1, -0.05) is 29.8 Å². The fourth-order valence-electron chi connectivity index (χ4n) is 2.10. The van der Waals surface area contributed by atoms with Gasteiger partial charge in [0.15, 0.2) is 0 Å². The zero-order chi connectivity index (χ0) is 17.5. The lowest BCUT2D eigenvalue weighted by Gasteiger charge is -2.19. The van der Waals surface area contributed by atoms with E-state index in [0.29, 0.717) is 22.0 Å². The molecule has 1 heterocycles. The smallest absolute Gasteiger partial charge is 0.239 e. The van der Waals surface area contributed by atoms with Crippen LogP contribution in [0, 0.1) is 11.3 Å². The van der Waals surface area contributed by atoms with E-state index in [9.17, 15) is 9.90 Å². The van der Waals surface area contributed by atoms with Crippen molar-refractivity contribution in [3.05, 3.63) is 58.7 Å². The van der Waals surface area contributed by atoms with E-state index in [1.54, 1.807) is 48.3 Å². The molecule has 0 spiro atoms. The lowest BCUT2D eigenvalue weighted by atomic mass is 10.1. The number of nitriles is 1. The number of rotatable bonds is 6. The number of hydrogen-bond acceptors (Lipinski definition) is 5. The van der Waals surface area contributed by atoms with Crippen LogP contribution in [0.2, 0.25) is 5.02 Å². The Hall–Kier alpha value is -2.62. The maximum atomic E-state index is 12.0. The molecule has 124 valence electrons. The molecule has 1 atom stereocenters. The van der Waals surface area contributed by atoms with Crippen LogP contribution in [0.4, 0.5) is 5.82 Å². The zero-order valence-electron chi connectivity index (χ0n) is 13.1. The molecule has 24 heavy (non-hydrogen) atoms. The first-order chi connectivity index (χ1) is 11.5. The van der Waals surface area contributed by atoms with Crippen LogP contribution < -0.4 is 10.2 Å². The largest absolute Gasteiger partial charge is 0.387 e. The molecular weight excluding hydrogens is 328 g/mol. The van der Waals surface area contributed by atoms with Gasteiger partial charge in [0.25, 0.3) is 0 Å². The number of amides is 1. The van der Waals surface area contributed by atoms with Crippen molar-refractivity contribution < 1.29 is 9.90 Å². The average Bonchev–Trinajstić information content (AvgIpc) is 2.60. The van der Waals surface area contributed by atoms with E-state index >= 15 is 0 Å². The molecule has 0 fully saturated rings. The molecule has 0 aliphatic rings. The molecule has 2 N–H and O–H groups in total. The van der Waals surface area contributed by atoms with Gasteiger partial charge in [-0.15, -0.1) is 0 Å². The number of halogens is 1. The monoisotopic (exact) mass is 344 g/mol. The van der Waals surface area contributed by atoms with E-state index in [1.807, 2.05) is 6.07 Å². The number of hydrogen-bond donors (Lipinski definition) is 2. The number of anilines is 1. The van der Waals surface area contributed by atoms with Crippen molar-refractivity contribution in [2.24, 2.45) is 0 Å². The maximum Gasteiger partial charge on any atom is 0.239 e. The number of carbonyl (C=O) groups is 1. The molecule has 0 radical (unpaired) electrons. The number of nitrogens with zero attached hydrogens (tertiary/aromatic N) is 3. The van der Waals surface area contributed by atoms with Gasteiger partial charge in [-0.3, -0.25) is 4.79 Å². The molecular formula is C17H17ClN4O2. The summed E-state index contributed by atoms with van der Waals surface area (Å²) in [5.41, 5.74) is 1.03.